The Morgan fingerprint density at radius 3 is 2.64 bits per heavy atom. The molecule has 1 aliphatic heterocycles. The van der Waals surface area contributed by atoms with E-state index in [1.54, 1.807) is 21.7 Å². The molecule has 0 saturated heterocycles. The lowest BCUT2D eigenvalue weighted by Gasteiger charge is -2.20. The number of nitrogens with zero attached hydrogens (tertiary/aromatic N) is 3. The first-order valence-electron chi connectivity index (χ1n) is 11.0. The van der Waals surface area contributed by atoms with Gasteiger partial charge in [-0.2, -0.15) is 5.10 Å². The highest BCUT2D eigenvalue weighted by atomic mass is 19.1. The summed E-state index contributed by atoms with van der Waals surface area (Å²) >= 11 is 0. The summed E-state index contributed by atoms with van der Waals surface area (Å²) in [5, 5.41) is 7.20. The van der Waals surface area contributed by atoms with Gasteiger partial charge in [-0.15, -0.1) is 0 Å². The summed E-state index contributed by atoms with van der Waals surface area (Å²) in [6, 6.07) is 15.3. The van der Waals surface area contributed by atoms with Crippen LogP contribution in [0.5, 0.6) is 5.75 Å². The third kappa shape index (κ3) is 5.58. The Morgan fingerprint density at radius 2 is 1.91 bits per heavy atom. The Morgan fingerprint density at radius 1 is 1.12 bits per heavy atom. The van der Waals surface area contributed by atoms with Crippen molar-refractivity contribution in [2.24, 2.45) is 0 Å². The van der Waals surface area contributed by atoms with E-state index in [1.165, 1.54) is 18.2 Å². The molecule has 0 spiro atoms. The Kier molecular flexibility index (Phi) is 6.72. The lowest BCUT2D eigenvalue weighted by atomic mass is 10.2. The van der Waals surface area contributed by atoms with Crippen molar-refractivity contribution in [2.45, 2.75) is 46.0 Å². The number of halogens is 1. The van der Waals surface area contributed by atoms with E-state index in [0.717, 1.165) is 16.9 Å². The zero-order valence-electron chi connectivity index (χ0n) is 18.8. The van der Waals surface area contributed by atoms with Crippen molar-refractivity contribution in [1.29, 1.82) is 0 Å². The van der Waals surface area contributed by atoms with Gasteiger partial charge in [0.25, 0.3) is 11.8 Å². The maximum Gasteiger partial charge on any atom is 0.272 e. The first-order chi connectivity index (χ1) is 15.9. The molecule has 0 unspecified atom stereocenters. The van der Waals surface area contributed by atoms with Crippen molar-refractivity contribution in [2.75, 3.05) is 6.54 Å². The molecule has 1 N–H and O–H groups in total. The van der Waals surface area contributed by atoms with Crippen LogP contribution in [0.1, 0.15) is 52.4 Å². The van der Waals surface area contributed by atoms with Gasteiger partial charge in [0.2, 0.25) is 0 Å². The average Bonchev–Trinajstić information content (AvgIpc) is 3.15. The normalized spacial score (nSPS) is 13.6. The molecule has 1 aliphatic rings. The van der Waals surface area contributed by atoms with E-state index in [4.69, 9.17) is 4.74 Å². The monoisotopic (exact) mass is 450 g/mol. The van der Waals surface area contributed by atoms with E-state index in [-0.39, 0.29) is 29.4 Å². The highest BCUT2D eigenvalue weighted by Gasteiger charge is 2.26. The maximum absolute atomic E-state index is 13.5. The van der Waals surface area contributed by atoms with E-state index in [0.29, 0.717) is 38.3 Å². The molecular formula is C25H27FN4O3. The minimum absolute atomic E-state index is 0.0965. The van der Waals surface area contributed by atoms with Gasteiger partial charge in [-0.3, -0.25) is 14.3 Å². The Hall–Kier alpha value is -3.68. The van der Waals surface area contributed by atoms with Crippen LogP contribution in [0, 0.1) is 5.82 Å². The number of aryl methyl sites for hydroxylation is 1. The molecule has 0 atom stereocenters. The van der Waals surface area contributed by atoms with Crippen LogP contribution < -0.4 is 10.1 Å². The molecule has 0 radical (unpaired) electrons. The van der Waals surface area contributed by atoms with Crippen molar-refractivity contribution in [3.05, 3.63) is 82.9 Å². The molecule has 2 heterocycles. The maximum atomic E-state index is 13.5. The predicted octanol–water partition coefficient (Wildman–Crippen LogP) is 3.79. The zero-order chi connectivity index (χ0) is 23.4. The number of benzene rings is 2. The Bertz CT molecular complexity index is 1140. The summed E-state index contributed by atoms with van der Waals surface area (Å²) in [5.74, 6) is -0.119. The van der Waals surface area contributed by atoms with Gasteiger partial charge in [-0.25, -0.2) is 4.39 Å². The number of carbonyl (C=O) groups excluding carboxylic acids is 2. The van der Waals surface area contributed by atoms with Crippen LogP contribution in [0.4, 0.5) is 4.39 Å². The fraction of sp³-hybridized carbons (Fsp3) is 0.320. The van der Waals surface area contributed by atoms with Gasteiger partial charge in [0, 0.05) is 32.2 Å². The van der Waals surface area contributed by atoms with Crippen molar-refractivity contribution < 1.29 is 18.7 Å². The number of rotatable bonds is 7. The van der Waals surface area contributed by atoms with Crippen LogP contribution in [-0.4, -0.2) is 39.1 Å². The summed E-state index contributed by atoms with van der Waals surface area (Å²) < 4.78 is 20.7. The lowest BCUT2D eigenvalue weighted by Crippen LogP contribution is -2.30. The number of nitrogens with one attached hydrogen (secondary N) is 1. The number of hydrogen-bond acceptors (Lipinski definition) is 4. The van der Waals surface area contributed by atoms with Crippen molar-refractivity contribution in [1.82, 2.24) is 20.0 Å². The molecule has 2 amide bonds. The van der Waals surface area contributed by atoms with Crippen LogP contribution in [0.25, 0.3) is 0 Å². The second kappa shape index (κ2) is 9.85. The molecule has 3 aromatic rings. The molecular weight excluding hydrogens is 423 g/mol. The quantitative estimate of drug-likeness (QED) is 0.594. The van der Waals surface area contributed by atoms with Crippen LogP contribution in [-0.2, 0) is 19.6 Å². The number of aromatic nitrogens is 2. The average molecular weight is 451 g/mol. The third-order valence-corrected chi connectivity index (χ3v) is 5.33. The first-order valence-corrected chi connectivity index (χ1v) is 11.0. The lowest BCUT2D eigenvalue weighted by molar-refractivity contribution is 0.0745. The Labute approximate surface area is 192 Å². The summed E-state index contributed by atoms with van der Waals surface area (Å²) in [4.78, 5) is 27.4. The predicted molar refractivity (Wildman–Crippen MR) is 121 cm³/mol. The van der Waals surface area contributed by atoms with Crippen molar-refractivity contribution in [3.8, 4) is 5.75 Å². The number of amides is 2. The van der Waals surface area contributed by atoms with E-state index in [2.05, 4.69) is 10.4 Å². The second-order valence-electron chi connectivity index (χ2n) is 8.34. The molecule has 172 valence electrons. The van der Waals surface area contributed by atoms with Crippen molar-refractivity contribution in [3.63, 3.8) is 0 Å². The number of hydrogen-bond donors (Lipinski definition) is 1. The van der Waals surface area contributed by atoms with Gasteiger partial charge < -0.3 is 15.0 Å². The number of ether oxygens (including phenoxy) is 1. The number of carbonyl (C=O) groups is 2. The minimum atomic E-state index is -0.345. The van der Waals surface area contributed by atoms with Crippen LogP contribution >= 0.6 is 0 Å². The second-order valence-corrected chi connectivity index (χ2v) is 8.34. The molecule has 0 fully saturated rings. The fourth-order valence-corrected chi connectivity index (χ4v) is 3.78. The van der Waals surface area contributed by atoms with Gasteiger partial charge in [0.15, 0.2) is 5.69 Å². The molecule has 0 aliphatic carbocycles. The smallest absolute Gasteiger partial charge is 0.272 e. The molecule has 2 aromatic carbocycles. The molecule has 33 heavy (non-hydrogen) atoms. The van der Waals surface area contributed by atoms with Gasteiger partial charge in [-0.05, 0) is 55.7 Å². The molecule has 4 rings (SSSR count). The molecule has 1 aromatic heterocycles. The third-order valence-electron chi connectivity index (χ3n) is 5.33. The van der Waals surface area contributed by atoms with E-state index in [1.807, 2.05) is 38.1 Å². The highest BCUT2D eigenvalue weighted by Crippen LogP contribution is 2.18. The van der Waals surface area contributed by atoms with Gasteiger partial charge in [0.1, 0.15) is 17.3 Å². The highest BCUT2D eigenvalue weighted by molar-refractivity contribution is 5.98. The first kappa shape index (κ1) is 22.5. The van der Waals surface area contributed by atoms with E-state index >= 15 is 0 Å². The SMILES string of the molecule is CC(C)Oc1ccc(CNC(=O)c2cc3n(n2)CCCN(Cc2cccc(F)c2)C3=O)cc1. The topological polar surface area (TPSA) is 76.5 Å². The summed E-state index contributed by atoms with van der Waals surface area (Å²) in [7, 11) is 0. The van der Waals surface area contributed by atoms with Crippen LogP contribution in [0.3, 0.4) is 0 Å². The van der Waals surface area contributed by atoms with E-state index < -0.39 is 0 Å². The Balaban J connectivity index is 1.41. The standard InChI is InChI=1S/C25H27FN4O3/c1-17(2)33-21-9-7-18(8-10-21)15-27-24(31)22-14-23-25(32)29(11-4-12-30(23)28-22)16-19-5-3-6-20(26)13-19/h3,5-10,13-14,17H,4,11-12,15-16H2,1-2H3,(H,27,31). The van der Waals surface area contributed by atoms with Crippen molar-refractivity contribution >= 4 is 11.8 Å². The van der Waals surface area contributed by atoms with Crippen LogP contribution in [0.15, 0.2) is 54.6 Å². The van der Waals surface area contributed by atoms with Gasteiger partial charge in [-0.1, -0.05) is 24.3 Å². The summed E-state index contributed by atoms with van der Waals surface area (Å²) in [6.07, 6.45) is 0.793. The molecule has 8 heteroatoms. The molecule has 7 nitrogen and oxygen atoms in total. The zero-order valence-corrected chi connectivity index (χ0v) is 18.8. The van der Waals surface area contributed by atoms with Gasteiger partial charge in [0.05, 0.1) is 6.10 Å². The summed E-state index contributed by atoms with van der Waals surface area (Å²) in [6.45, 7) is 5.64. The van der Waals surface area contributed by atoms with Gasteiger partial charge >= 0.3 is 0 Å². The summed E-state index contributed by atoms with van der Waals surface area (Å²) in [5.41, 5.74) is 2.21. The van der Waals surface area contributed by atoms with Crippen LogP contribution in [0.2, 0.25) is 0 Å². The molecule has 0 bridgehead atoms. The fourth-order valence-electron chi connectivity index (χ4n) is 3.78. The van der Waals surface area contributed by atoms with E-state index in [9.17, 15) is 14.0 Å². The number of fused-ring (bicyclic) bond motifs is 1. The molecule has 0 saturated carbocycles. The minimum Gasteiger partial charge on any atom is -0.491 e. The largest absolute Gasteiger partial charge is 0.491 e.